The Hall–Kier alpha value is -2.28. The van der Waals surface area contributed by atoms with E-state index in [0.717, 1.165) is 25.1 Å². The Labute approximate surface area is 160 Å². The second-order valence-electron chi connectivity index (χ2n) is 7.14. The van der Waals surface area contributed by atoms with Crippen molar-refractivity contribution in [2.45, 2.75) is 18.5 Å². The molecule has 3 heterocycles. The summed E-state index contributed by atoms with van der Waals surface area (Å²) < 4.78 is 13.4. The summed E-state index contributed by atoms with van der Waals surface area (Å²) in [6.45, 7) is 1.52. The maximum atomic E-state index is 13.4. The van der Waals surface area contributed by atoms with Crippen LogP contribution in [0.15, 0.2) is 48.5 Å². The molecule has 0 unspecified atom stereocenters. The van der Waals surface area contributed by atoms with Crippen molar-refractivity contribution < 1.29 is 14.0 Å². The van der Waals surface area contributed by atoms with Crippen LogP contribution in [0.5, 0.6) is 0 Å². The normalized spacial score (nSPS) is 28.1. The molecule has 27 heavy (non-hydrogen) atoms. The van der Waals surface area contributed by atoms with Crippen LogP contribution in [0.1, 0.15) is 18.0 Å². The van der Waals surface area contributed by atoms with E-state index in [9.17, 15) is 14.0 Å². The molecule has 3 aliphatic heterocycles. The molecule has 2 aromatic rings. The number of nitrogens with zero attached hydrogens (tertiary/aromatic N) is 3. The van der Waals surface area contributed by atoms with Gasteiger partial charge in [-0.25, -0.2) is 19.3 Å². The maximum absolute atomic E-state index is 13.4. The number of imide groups is 1. The first kappa shape index (κ1) is 16.9. The van der Waals surface area contributed by atoms with Gasteiger partial charge >= 0.3 is 0 Å². The number of fused-ring (bicyclic) bond motifs is 3. The van der Waals surface area contributed by atoms with E-state index < -0.39 is 12.0 Å². The van der Waals surface area contributed by atoms with Gasteiger partial charge < -0.3 is 0 Å². The molecule has 2 amide bonds. The van der Waals surface area contributed by atoms with E-state index in [1.54, 1.807) is 36.4 Å². The number of amides is 2. The second kappa shape index (κ2) is 6.12. The van der Waals surface area contributed by atoms with Crippen molar-refractivity contribution >= 4 is 29.1 Å². The Bertz CT molecular complexity index is 935. The summed E-state index contributed by atoms with van der Waals surface area (Å²) in [4.78, 5) is 27.8. The third kappa shape index (κ3) is 2.44. The lowest BCUT2D eigenvalue weighted by Crippen LogP contribution is -2.44. The van der Waals surface area contributed by atoms with Crippen molar-refractivity contribution in [3.05, 3.63) is 64.9 Å². The van der Waals surface area contributed by atoms with E-state index in [1.165, 1.54) is 17.0 Å². The minimum Gasteiger partial charge on any atom is -0.274 e. The van der Waals surface area contributed by atoms with E-state index in [-0.39, 0.29) is 23.7 Å². The first-order valence-electron chi connectivity index (χ1n) is 8.98. The third-order valence-corrected chi connectivity index (χ3v) is 5.92. The van der Waals surface area contributed by atoms with Crippen LogP contribution in [-0.4, -0.2) is 41.0 Å². The van der Waals surface area contributed by atoms with E-state index >= 15 is 0 Å². The number of hydrogen-bond donors (Lipinski definition) is 0. The number of benzene rings is 2. The third-order valence-electron chi connectivity index (χ3n) is 5.68. The zero-order chi connectivity index (χ0) is 18.7. The smallest absolute Gasteiger partial charge is 0.253 e. The fourth-order valence-electron chi connectivity index (χ4n) is 4.64. The second-order valence-corrected chi connectivity index (χ2v) is 7.57. The summed E-state index contributed by atoms with van der Waals surface area (Å²) in [6, 6.07) is 12.2. The number of hydrogen-bond acceptors (Lipinski definition) is 4. The van der Waals surface area contributed by atoms with Crippen LogP contribution in [0.25, 0.3) is 0 Å². The molecular weight excluding hydrogens is 369 g/mol. The van der Waals surface area contributed by atoms with E-state index in [1.807, 2.05) is 5.01 Å². The summed E-state index contributed by atoms with van der Waals surface area (Å²) >= 11 is 6.06. The maximum Gasteiger partial charge on any atom is 0.253 e. The summed E-state index contributed by atoms with van der Waals surface area (Å²) in [7, 11) is 0. The first-order chi connectivity index (χ1) is 13.1. The molecule has 7 heteroatoms. The summed E-state index contributed by atoms with van der Waals surface area (Å²) in [5.41, 5.74) is 1.35. The van der Waals surface area contributed by atoms with Gasteiger partial charge in [-0.2, -0.15) is 0 Å². The molecule has 3 saturated heterocycles. The molecule has 3 atom stereocenters. The van der Waals surface area contributed by atoms with Crippen LogP contribution in [-0.2, 0) is 9.59 Å². The highest BCUT2D eigenvalue weighted by Gasteiger charge is 2.62. The van der Waals surface area contributed by atoms with Gasteiger partial charge in [-0.05, 0) is 42.3 Å². The Morgan fingerprint density at radius 3 is 2.33 bits per heavy atom. The fourth-order valence-corrected chi connectivity index (χ4v) is 4.83. The van der Waals surface area contributed by atoms with Crippen LogP contribution in [0, 0.1) is 11.7 Å². The number of hydrazine groups is 1. The highest BCUT2D eigenvalue weighted by atomic mass is 35.5. The summed E-state index contributed by atoms with van der Waals surface area (Å²) in [5.74, 6) is -1.28. The van der Waals surface area contributed by atoms with Gasteiger partial charge in [0.05, 0.1) is 17.6 Å². The molecule has 3 fully saturated rings. The van der Waals surface area contributed by atoms with Gasteiger partial charge in [-0.15, -0.1) is 0 Å². The number of carbonyl (C=O) groups excluding carboxylic acids is 2. The lowest BCUT2D eigenvalue weighted by atomic mass is 9.90. The van der Waals surface area contributed by atoms with Gasteiger partial charge in [0.1, 0.15) is 11.9 Å². The van der Waals surface area contributed by atoms with Crippen molar-refractivity contribution in [1.82, 2.24) is 10.0 Å². The minimum absolute atomic E-state index is 0.219. The Kier molecular flexibility index (Phi) is 3.82. The molecule has 0 aliphatic carbocycles. The van der Waals surface area contributed by atoms with Crippen molar-refractivity contribution in [1.29, 1.82) is 0 Å². The Balaban J connectivity index is 1.59. The molecule has 3 aliphatic rings. The van der Waals surface area contributed by atoms with Crippen LogP contribution in [0.3, 0.4) is 0 Å². The van der Waals surface area contributed by atoms with Crippen LogP contribution in [0.4, 0.5) is 10.1 Å². The molecule has 0 spiro atoms. The molecule has 0 bridgehead atoms. The summed E-state index contributed by atoms with van der Waals surface area (Å²) in [5, 5.41) is 4.60. The van der Waals surface area contributed by atoms with Crippen molar-refractivity contribution in [2.75, 3.05) is 18.0 Å². The van der Waals surface area contributed by atoms with E-state index in [0.29, 0.717) is 10.7 Å². The first-order valence-corrected chi connectivity index (χ1v) is 9.36. The lowest BCUT2D eigenvalue weighted by molar-refractivity contribution is -0.126. The van der Waals surface area contributed by atoms with Crippen LogP contribution < -0.4 is 4.90 Å². The average molecular weight is 386 g/mol. The minimum atomic E-state index is -0.519. The summed E-state index contributed by atoms with van der Waals surface area (Å²) in [6.07, 6.45) is 0.930. The SMILES string of the molecule is O=C1[C@@H]2[C@@H](C(=O)N1c1cccc(Cl)c1)N1CCCN1[C@H]2c1ccc(F)cc1. The van der Waals surface area contributed by atoms with Gasteiger partial charge in [0.15, 0.2) is 0 Å². The molecule has 5 nitrogen and oxygen atoms in total. The molecule has 0 radical (unpaired) electrons. The van der Waals surface area contributed by atoms with Gasteiger partial charge in [-0.3, -0.25) is 9.59 Å². The fraction of sp³-hybridized carbons (Fsp3) is 0.300. The molecule has 0 aromatic heterocycles. The molecular formula is C20H17ClFN3O2. The van der Waals surface area contributed by atoms with Crippen molar-refractivity contribution in [2.24, 2.45) is 5.92 Å². The average Bonchev–Trinajstić information content (AvgIpc) is 3.28. The largest absolute Gasteiger partial charge is 0.274 e. The molecule has 2 aromatic carbocycles. The zero-order valence-electron chi connectivity index (χ0n) is 14.4. The predicted octanol–water partition coefficient (Wildman–Crippen LogP) is 3.01. The number of anilines is 1. The molecule has 0 saturated carbocycles. The van der Waals surface area contributed by atoms with Gasteiger partial charge in [0.25, 0.3) is 5.91 Å². The number of halogens is 2. The Morgan fingerprint density at radius 1 is 0.926 bits per heavy atom. The zero-order valence-corrected chi connectivity index (χ0v) is 15.1. The molecule has 0 N–H and O–H groups in total. The topological polar surface area (TPSA) is 43.9 Å². The van der Waals surface area contributed by atoms with E-state index in [2.05, 4.69) is 5.01 Å². The lowest BCUT2D eigenvalue weighted by Gasteiger charge is -2.29. The van der Waals surface area contributed by atoms with Gasteiger partial charge in [0.2, 0.25) is 5.91 Å². The number of rotatable bonds is 2. The van der Waals surface area contributed by atoms with Crippen molar-refractivity contribution in [3.63, 3.8) is 0 Å². The number of carbonyl (C=O) groups is 2. The van der Waals surface area contributed by atoms with Gasteiger partial charge in [-0.1, -0.05) is 29.8 Å². The van der Waals surface area contributed by atoms with Crippen LogP contribution in [0.2, 0.25) is 5.02 Å². The quantitative estimate of drug-likeness (QED) is 0.745. The van der Waals surface area contributed by atoms with Crippen molar-refractivity contribution in [3.8, 4) is 0 Å². The monoisotopic (exact) mass is 385 g/mol. The standard InChI is InChI=1S/C20H17ClFN3O2/c21-13-3-1-4-15(11-13)25-19(26)16-17(12-5-7-14(22)8-6-12)23-9-2-10-24(23)18(16)20(25)27/h1,3-8,11,16-18H,2,9-10H2/t16-,17-,18-/m0/s1. The predicted molar refractivity (Wildman–Crippen MR) is 98.4 cm³/mol. The molecule has 138 valence electrons. The highest BCUT2D eigenvalue weighted by Crippen LogP contribution is 2.48. The van der Waals surface area contributed by atoms with Gasteiger partial charge in [0, 0.05) is 18.1 Å². The molecule has 5 rings (SSSR count). The Morgan fingerprint density at radius 2 is 1.63 bits per heavy atom. The van der Waals surface area contributed by atoms with Crippen LogP contribution >= 0.6 is 11.6 Å². The van der Waals surface area contributed by atoms with E-state index in [4.69, 9.17) is 11.6 Å². The highest BCUT2D eigenvalue weighted by molar-refractivity contribution is 6.31.